The lowest BCUT2D eigenvalue weighted by Gasteiger charge is -2.37. The van der Waals surface area contributed by atoms with E-state index in [0.717, 1.165) is 27.8 Å². The van der Waals surface area contributed by atoms with Crippen LogP contribution in [0.4, 0.5) is 5.69 Å². The maximum atomic E-state index is 11.7. The average molecular weight is 406 g/mol. The molecule has 3 atom stereocenters. The van der Waals surface area contributed by atoms with E-state index in [9.17, 15) is 8.42 Å². The van der Waals surface area contributed by atoms with Crippen LogP contribution in [0.5, 0.6) is 0 Å². The molecule has 0 bridgehead atoms. The van der Waals surface area contributed by atoms with Crippen molar-refractivity contribution >= 4 is 31.6 Å². The second kappa shape index (κ2) is 5.68. The fraction of sp³-hybridized carbons (Fsp3) is 0.235. The van der Waals surface area contributed by atoms with Crippen molar-refractivity contribution < 1.29 is 8.42 Å². The molecule has 0 radical (unpaired) electrons. The van der Waals surface area contributed by atoms with Gasteiger partial charge in [0.15, 0.2) is 0 Å². The summed E-state index contributed by atoms with van der Waals surface area (Å²) in [6.07, 6.45) is 7.04. The van der Waals surface area contributed by atoms with E-state index in [1.807, 2.05) is 12.1 Å². The number of fused-ring (bicyclic) bond motifs is 3. The highest BCUT2D eigenvalue weighted by Gasteiger charge is 2.38. The molecular weight excluding hydrogens is 390 g/mol. The number of pyridine rings is 1. The summed E-state index contributed by atoms with van der Waals surface area (Å²) in [4.78, 5) is 4.69. The molecule has 1 aromatic carbocycles. The number of primary sulfonamides is 1. The van der Waals surface area contributed by atoms with Gasteiger partial charge in [0.2, 0.25) is 10.0 Å². The Hall–Kier alpha value is -1.70. The van der Waals surface area contributed by atoms with Gasteiger partial charge in [-0.25, -0.2) is 13.6 Å². The van der Waals surface area contributed by atoms with E-state index in [-0.39, 0.29) is 16.9 Å². The zero-order valence-corrected chi connectivity index (χ0v) is 15.1. The number of sulfonamides is 1. The van der Waals surface area contributed by atoms with Crippen LogP contribution < -0.4 is 10.5 Å². The normalized spacial score (nSPS) is 25.0. The molecule has 0 saturated carbocycles. The molecule has 0 saturated heterocycles. The molecule has 24 heavy (non-hydrogen) atoms. The highest BCUT2D eigenvalue weighted by atomic mass is 79.9. The number of hydrogen-bond donors (Lipinski definition) is 2. The first kappa shape index (κ1) is 15.8. The van der Waals surface area contributed by atoms with E-state index in [2.05, 4.69) is 38.4 Å². The number of nitrogens with zero attached hydrogens (tertiary/aromatic N) is 1. The van der Waals surface area contributed by atoms with Crippen molar-refractivity contribution in [1.29, 1.82) is 0 Å². The highest BCUT2D eigenvalue weighted by Crippen LogP contribution is 2.49. The number of hydrogen-bond acceptors (Lipinski definition) is 4. The molecule has 3 N–H and O–H groups in total. The zero-order chi connectivity index (χ0) is 16.9. The van der Waals surface area contributed by atoms with Gasteiger partial charge in [-0.05, 0) is 64.2 Å². The van der Waals surface area contributed by atoms with Crippen LogP contribution in [0.2, 0.25) is 0 Å². The molecule has 2 aromatic rings. The van der Waals surface area contributed by atoms with Gasteiger partial charge < -0.3 is 5.32 Å². The number of rotatable bonds is 2. The number of aromatic nitrogens is 1. The Morgan fingerprint density at radius 2 is 2.08 bits per heavy atom. The lowest BCUT2D eigenvalue weighted by molar-refractivity contribution is 0.418. The smallest absolute Gasteiger partial charge is 0.238 e. The summed E-state index contributed by atoms with van der Waals surface area (Å²) in [5.41, 5.74) is 2.90. The number of nitrogens with one attached hydrogen (secondary N) is 1. The van der Waals surface area contributed by atoms with Crippen LogP contribution in [-0.4, -0.2) is 13.4 Å². The van der Waals surface area contributed by atoms with E-state index in [0.29, 0.717) is 5.92 Å². The number of benzene rings is 1. The van der Waals surface area contributed by atoms with Crippen LogP contribution in [0.15, 0.2) is 58.0 Å². The summed E-state index contributed by atoms with van der Waals surface area (Å²) in [6.45, 7) is 0. The van der Waals surface area contributed by atoms with Gasteiger partial charge in [-0.2, -0.15) is 0 Å². The molecule has 0 spiro atoms. The average Bonchev–Trinajstić information content (AvgIpc) is 3.03. The monoisotopic (exact) mass is 405 g/mol. The van der Waals surface area contributed by atoms with Gasteiger partial charge >= 0.3 is 0 Å². The van der Waals surface area contributed by atoms with Crippen molar-refractivity contribution in [3.05, 3.63) is 64.4 Å². The summed E-state index contributed by atoms with van der Waals surface area (Å²) in [7, 11) is -3.70. The summed E-state index contributed by atoms with van der Waals surface area (Å²) in [6, 6.07) is 9.12. The van der Waals surface area contributed by atoms with Crippen LogP contribution in [0.25, 0.3) is 0 Å². The summed E-state index contributed by atoms with van der Waals surface area (Å²) in [5, 5.41) is 8.81. The third-order valence-electron chi connectivity index (χ3n) is 4.73. The predicted molar refractivity (Wildman–Crippen MR) is 96.1 cm³/mol. The molecule has 4 rings (SSSR count). The highest BCUT2D eigenvalue weighted by molar-refractivity contribution is 9.10. The van der Waals surface area contributed by atoms with Gasteiger partial charge in [0.05, 0.1) is 16.6 Å². The zero-order valence-electron chi connectivity index (χ0n) is 12.7. The molecule has 3 unspecified atom stereocenters. The van der Waals surface area contributed by atoms with Crippen LogP contribution >= 0.6 is 15.9 Å². The Morgan fingerprint density at radius 1 is 1.25 bits per heavy atom. The molecule has 1 aliphatic carbocycles. The fourth-order valence-corrected chi connectivity index (χ4v) is 4.40. The Labute approximate surface area is 149 Å². The summed E-state index contributed by atoms with van der Waals surface area (Å²) < 4.78 is 24.3. The van der Waals surface area contributed by atoms with E-state index >= 15 is 0 Å². The van der Waals surface area contributed by atoms with E-state index in [4.69, 9.17) is 5.14 Å². The quantitative estimate of drug-likeness (QED) is 0.750. The van der Waals surface area contributed by atoms with Crippen molar-refractivity contribution in [2.45, 2.75) is 23.3 Å². The van der Waals surface area contributed by atoms with Crippen LogP contribution in [0.3, 0.4) is 0 Å². The van der Waals surface area contributed by atoms with Crippen molar-refractivity contribution in [3.63, 3.8) is 0 Å². The molecule has 2 aliphatic rings. The van der Waals surface area contributed by atoms with Crippen molar-refractivity contribution in [2.75, 3.05) is 5.32 Å². The van der Waals surface area contributed by atoms with Crippen LogP contribution in [0, 0.1) is 5.92 Å². The maximum absolute atomic E-state index is 11.7. The van der Waals surface area contributed by atoms with E-state index in [1.165, 1.54) is 0 Å². The number of nitrogens with two attached hydrogens (primary N) is 1. The number of anilines is 1. The first-order valence-electron chi connectivity index (χ1n) is 7.65. The second-order valence-corrected chi connectivity index (χ2v) is 8.65. The number of allylic oxidation sites excluding steroid dienone is 2. The standard InChI is InChI=1S/C17H16BrN3O2S/c18-10-4-6-16(20-9-10)17-13-3-1-2-12(13)14-8-11(24(19,22)23)5-7-15(14)21-17/h1-2,4-9,12-13,17,21H,3H2,(H2,19,22,23). The van der Waals surface area contributed by atoms with E-state index < -0.39 is 10.0 Å². The van der Waals surface area contributed by atoms with Crippen molar-refractivity contribution in [2.24, 2.45) is 11.1 Å². The molecule has 1 aromatic heterocycles. The minimum atomic E-state index is -3.70. The second-order valence-electron chi connectivity index (χ2n) is 6.17. The van der Waals surface area contributed by atoms with Gasteiger partial charge in [-0.3, -0.25) is 4.98 Å². The minimum absolute atomic E-state index is 0.0888. The predicted octanol–water partition coefficient (Wildman–Crippen LogP) is 3.32. The lowest BCUT2D eigenvalue weighted by Crippen LogP contribution is -2.30. The Kier molecular flexibility index (Phi) is 3.74. The Balaban J connectivity index is 1.79. The van der Waals surface area contributed by atoms with Crippen LogP contribution in [-0.2, 0) is 10.0 Å². The first-order valence-corrected chi connectivity index (χ1v) is 9.99. The molecule has 0 fully saturated rings. The van der Waals surface area contributed by atoms with Gasteiger partial charge in [-0.1, -0.05) is 12.2 Å². The topological polar surface area (TPSA) is 85.1 Å². The molecule has 5 nitrogen and oxygen atoms in total. The molecular formula is C17H16BrN3O2S. The van der Waals surface area contributed by atoms with Gasteiger partial charge in [0, 0.05) is 22.3 Å². The third kappa shape index (κ3) is 2.66. The van der Waals surface area contributed by atoms with Crippen LogP contribution in [0.1, 0.15) is 29.6 Å². The number of halogens is 1. The van der Waals surface area contributed by atoms with Gasteiger partial charge in [0.25, 0.3) is 0 Å². The van der Waals surface area contributed by atoms with Crippen molar-refractivity contribution in [1.82, 2.24) is 4.98 Å². The Bertz CT molecular complexity index is 925. The molecule has 7 heteroatoms. The first-order chi connectivity index (χ1) is 11.4. The fourth-order valence-electron chi connectivity index (χ4n) is 3.61. The third-order valence-corrected chi connectivity index (χ3v) is 6.11. The largest absolute Gasteiger partial charge is 0.376 e. The Morgan fingerprint density at radius 3 is 2.79 bits per heavy atom. The summed E-state index contributed by atoms with van der Waals surface area (Å²) >= 11 is 3.41. The van der Waals surface area contributed by atoms with Gasteiger partial charge in [0.1, 0.15) is 0 Å². The van der Waals surface area contributed by atoms with Crippen molar-refractivity contribution in [3.8, 4) is 0 Å². The molecule has 2 heterocycles. The maximum Gasteiger partial charge on any atom is 0.238 e. The lowest BCUT2D eigenvalue weighted by atomic mass is 9.78. The molecule has 0 amide bonds. The SMILES string of the molecule is NS(=O)(=O)c1ccc2c(c1)C1C=CCC1C(c1ccc(Br)cn1)N2. The van der Waals surface area contributed by atoms with Gasteiger partial charge in [-0.15, -0.1) is 0 Å². The summed E-state index contributed by atoms with van der Waals surface area (Å²) in [5.74, 6) is 0.473. The molecule has 124 valence electrons. The molecule has 1 aliphatic heterocycles. The minimum Gasteiger partial charge on any atom is -0.376 e. The van der Waals surface area contributed by atoms with E-state index in [1.54, 1.807) is 24.4 Å².